The van der Waals surface area contributed by atoms with Crippen molar-refractivity contribution in [3.8, 4) is 11.8 Å². The van der Waals surface area contributed by atoms with Crippen molar-refractivity contribution in [1.29, 1.82) is 5.26 Å². The van der Waals surface area contributed by atoms with Gasteiger partial charge in [-0.3, -0.25) is 10.1 Å². The Hall–Kier alpha value is -2.16. The molecule has 1 aromatic rings. The van der Waals surface area contributed by atoms with Crippen molar-refractivity contribution < 1.29 is 14.1 Å². The van der Waals surface area contributed by atoms with Crippen molar-refractivity contribution in [3.05, 3.63) is 33.6 Å². The first kappa shape index (κ1) is 9.92. The number of ether oxygens (including phenoxy) is 1. The molecule has 0 atom stereocenters. The first-order valence-electron chi connectivity index (χ1n) is 3.52. The number of nitro groups is 1. The molecular formula is C8H5FN2O3. The maximum absolute atomic E-state index is 13.0. The number of nitriles is 1. The smallest absolute Gasteiger partial charge is 0.331 e. The Bertz CT molecular complexity index is 425. The lowest BCUT2D eigenvalue weighted by Crippen LogP contribution is -1.99. The van der Waals surface area contributed by atoms with Crippen molar-refractivity contribution in [3.63, 3.8) is 0 Å². The van der Waals surface area contributed by atoms with Crippen LogP contribution in [0.5, 0.6) is 5.75 Å². The van der Waals surface area contributed by atoms with Crippen molar-refractivity contribution >= 4 is 5.69 Å². The molecule has 5 nitrogen and oxygen atoms in total. The number of hydrogen-bond acceptors (Lipinski definition) is 4. The van der Waals surface area contributed by atoms with Crippen LogP contribution >= 0.6 is 0 Å². The Kier molecular flexibility index (Phi) is 2.62. The van der Waals surface area contributed by atoms with E-state index in [0.29, 0.717) is 0 Å². The van der Waals surface area contributed by atoms with Gasteiger partial charge in [-0.15, -0.1) is 0 Å². The zero-order chi connectivity index (χ0) is 10.7. The molecule has 0 N–H and O–H groups in total. The second-order valence-corrected chi connectivity index (χ2v) is 2.35. The minimum absolute atomic E-state index is 0.228. The van der Waals surface area contributed by atoms with E-state index in [-0.39, 0.29) is 5.56 Å². The van der Waals surface area contributed by atoms with Gasteiger partial charge in [-0.2, -0.15) is 5.26 Å². The molecule has 1 rings (SSSR count). The van der Waals surface area contributed by atoms with Gasteiger partial charge in [0.1, 0.15) is 11.6 Å². The van der Waals surface area contributed by atoms with Crippen molar-refractivity contribution in [2.45, 2.75) is 0 Å². The van der Waals surface area contributed by atoms with Crippen LogP contribution in [0.4, 0.5) is 10.1 Å². The van der Waals surface area contributed by atoms with Crippen LogP contribution in [0.3, 0.4) is 0 Å². The Balaban J connectivity index is 3.54. The highest BCUT2D eigenvalue weighted by molar-refractivity contribution is 5.58. The van der Waals surface area contributed by atoms with Gasteiger partial charge in [-0.1, -0.05) is 0 Å². The van der Waals surface area contributed by atoms with Crippen LogP contribution in [0, 0.1) is 27.3 Å². The molecule has 14 heavy (non-hydrogen) atoms. The number of methoxy groups -OCH3 is 1. The second-order valence-electron chi connectivity index (χ2n) is 2.35. The molecule has 6 heteroatoms. The topological polar surface area (TPSA) is 76.2 Å². The third-order valence-corrected chi connectivity index (χ3v) is 1.59. The molecule has 0 saturated carbocycles. The SMILES string of the molecule is COc1c(F)ccc(C#N)c1[N+](=O)[O-]. The zero-order valence-electron chi connectivity index (χ0n) is 7.15. The summed E-state index contributed by atoms with van der Waals surface area (Å²) in [6.07, 6.45) is 0. The number of hydrogen-bond donors (Lipinski definition) is 0. The van der Waals surface area contributed by atoms with Crippen molar-refractivity contribution in [2.75, 3.05) is 7.11 Å². The van der Waals surface area contributed by atoms with Crippen molar-refractivity contribution in [1.82, 2.24) is 0 Å². The average molecular weight is 196 g/mol. The quantitative estimate of drug-likeness (QED) is 0.531. The summed E-state index contributed by atoms with van der Waals surface area (Å²) >= 11 is 0. The van der Waals surface area contributed by atoms with Gasteiger partial charge >= 0.3 is 5.69 Å². The Labute approximate surface area is 78.5 Å². The van der Waals surface area contributed by atoms with E-state index in [9.17, 15) is 14.5 Å². The number of rotatable bonds is 2. The molecular weight excluding hydrogens is 191 g/mol. The van der Waals surface area contributed by atoms with Crippen LogP contribution in [-0.4, -0.2) is 12.0 Å². The Morgan fingerprint density at radius 3 is 2.71 bits per heavy atom. The normalized spacial score (nSPS) is 9.21. The fourth-order valence-corrected chi connectivity index (χ4v) is 1.01. The minimum atomic E-state index is -0.863. The summed E-state index contributed by atoms with van der Waals surface area (Å²) in [6.45, 7) is 0. The number of nitro benzene ring substituents is 1. The van der Waals surface area contributed by atoms with Gasteiger partial charge in [0.2, 0.25) is 5.75 Å². The van der Waals surface area contributed by atoms with Crippen LogP contribution in [0.1, 0.15) is 5.56 Å². The molecule has 1 aromatic carbocycles. The summed E-state index contributed by atoms with van der Waals surface area (Å²) in [4.78, 5) is 9.67. The monoisotopic (exact) mass is 196 g/mol. The third kappa shape index (κ3) is 1.47. The number of nitrogens with zero attached hydrogens (tertiary/aromatic N) is 2. The fourth-order valence-electron chi connectivity index (χ4n) is 1.01. The number of benzene rings is 1. The van der Waals surface area contributed by atoms with Gasteiger partial charge in [0, 0.05) is 0 Å². The van der Waals surface area contributed by atoms with Crippen LogP contribution in [0.25, 0.3) is 0 Å². The maximum Gasteiger partial charge on any atom is 0.331 e. The molecule has 0 unspecified atom stereocenters. The molecule has 0 fully saturated rings. The molecule has 0 aliphatic carbocycles. The van der Waals surface area contributed by atoms with Crippen LogP contribution in [0.15, 0.2) is 12.1 Å². The zero-order valence-corrected chi connectivity index (χ0v) is 7.15. The molecule has 0 saturated heterocycles. The first-order valence-corrected chi connectivity index (χ1v) is 3.52. The Morgan fingerprint density at radius 2 is 2.29 bits per heavy atom. The summed E-state index contributed by atoms with van der Waals surface area (Å²) in [5.41, 5.74) is -0.872. The van der Waals surface area contributed by atoms with E-state index >= 15 is 0 Å². The molecule has 0 amide bonds. The summed E-state index contributed by atoms with van der Waals surface area (Å²) < 4.78 is 17.5. The summed E-state index contributed by atoms with van der Waals surface area (Å²) in [5, 5.41) is 19.1. The molecule has 0 aromatic heterocycles. The van der Waals surface area contributed by atoms with E-state index in [1.165, 1.54) is 0 Å². The van der Waals surface area contributed by atoms with Gasteiger partial charge in [0.15, 0.2) is 5.82 Å². The lowest BCUT2D eigenvalue weighted by molar-refractivity contribution is -0.386. The van der Waals surface area contributed by atoms with Crippen LogP contribution < -0.4 is 4.74 Å². The molecule has 0 bridgehead atoms. The second kappa shape index (κ2) is 3.70. The first-order chi connectivity index (χ1) is 6.61. The van der Waals surface area contributed by atoms with Gasteiger partial charge < -0.3 is 4.74 Å². The summed E-state index contributed by atoms with van der Waals surface area (Å²) in [7, 11) is 1.10. The highest BCUT2D eigenvalue weighted by Crippen LogP contribution is 2.32. The molecule has 0 heterocycles. The van der Waals surface area contributed by atoms with Crippen molar-refractivity contribution in [2.24, 2.45) is 0 Å². The predicted molar refractivity (Wildman–Crippen MR) is 44.3 cm³/mol. The highest BCUT2D eigenvalue weighted by Gasteiger charge is 2.24. The van der Waals surface area contributed by atoms with E-state index in [0.717, 1.165) is 19.2 Å². The summed E-state index contributed by atoms with van der Waals surface area (Å²) in [5.74, 6) is -1.38. The molecule has 0 spiro atoms. The van der Waals surface area contributed by atoms with Crippen LogP contribution in [0.2, 0.25) is 0 Å². The predicted octanol–water partition coefficient (Wildman–Crippen LogP) is 1.61. The molecule has 72 valence electrons. The average Bonchev–Trinajstić information content (AvgIpc) is 2.17. The van der Waals surface area contributed by atoms with Crippen LogP contribution in [-0.2, 0) is 0 Å². The van der Waals surface area contributed by atoms with E-state index in [2.05, 4.69) is 4.74 Å². The van der Waals surface area contributed by atoms with E-state index in [1.54, 1.807) is 6.07 Å². The standard InChI is InChI=1S/C8H5FN2O3/c1-14-8-6(9)3-2-5(4-10)7(8)11(12)13/h2-3H,1H3. The lowest BCUT2D eigenvalue weighted by atomic mass is 10.2. The minimum Gasteiger partial charge on any atom is -0.488 e. The molecule has 0 radical (unpaired) electrons. The highest BCUT2D eigenvalue weighted by atomic mass is 19.1. The molecule has 0 aliphatic heterocycles. The Morgan fingerprint density at radius 1 is 1.64 bits per heavy atom. The lowest BCUT2D eigenvalue weighted by Gasteiger charge is -2.03. The largest absolute Gasteiger partial charge is 0.488 e. The third-order valence-electron chi connectivity index (χ3n) is 1.59. The van der Waals surface area contributed by atoms with E-state index < -0.39 is 22.2 Å². The van der Waals surface area contributed by atoms with E-state index in [4.69, 9.17) is 5.26 Å². The van der Waals surface area contributed by atoms with Gasteiger partial charge in [-0.05, 0) is 12.1 Å². The maximum atomic E-state index is 13.0. The molecule has 0 aliphatic rings. The van der Waals surface area contributed by atoms with E-state index in [1.807, 2.05) is 0 Å². The van der Waals surface area contributed by atoms with Gasteiger partial charge in [0.25, 0.3) is 0 Å². The fraction of sp³-hybridized carbons (Fsp3) is 0.125. The number of halogens is 1. The van der Waals surface area contributed by atoms with Gasteiger partial charge in [-0.25, -0.2) is 4.39 Å². The van der Waals surface area contributed by atoms with Gasteiger partial charge in [0.05, 0.1) is 12.0 Å². The summed E-state index contributed by atoms with van der Waals surface area (Å²) in [6, 6.07) is 3.58.